The average Bonchev–Trinajstić information content (AvgIpc) is 3.26. The number of furan rings is 1. The van der Waals surface area contributed by atoms with Crippen LogP contribution >= 0.6 is 0 Å². The molecule has 3 heterocycles. The van der Waals surface area contributed by atoms with E-state index in [1.165, 1.54) is 30.5 Å². The summed E-state index contributed by atoms with van der Waals surface area (Å²) in [4.78, 5) is 28.4. The van der Waals surface area contributed by atoms with Gasteiger partial charge >= 0.3 is 0 Å². The molecule has 1 aliphatic heterocycles. The van der Waals surface area contributed by atoms with E-state index in [0.29, 0.717) is 38.0 Å². The monoisotopic (exact) mass is 367 g/mol. The van der Waals surface area contributed by atoms with Crippen LogP contribution in [0.4, 0.5) is 0 Å². The van der Waals surface area contributed by atoms with Gasteiger partial charge in [-0.15, -0.1) is 0 Å². The van der Waals surface area contributed by atoms with Crippen molar-refractivity contribution < 1.29 is 14.0 Å². The molecule has 0 aromatic carbocycles. The molecule has 2 fully saturated rings. The fourth-order valence-corrected chi connectivity index (χ4v) is 3.82. The van der Waals surface area contributed by atoms with Crippen molar-refractivity contribution in [3.63, 3.8) is 0 Å². The Balaban J connectivity index is 1.35. The van der Waals surface area contributed by atoms with Crippen molar-refractivity contribution in [2.75, 3.05) is 26.2 Å². The van der Waals surface area contributed by atoms with E-state index in [4.69, 9.17) is 4.42 Å². The Morgan fingerprint density at radius 1 is 1.11 bits per heavy atom. The van der Waals surface area contributed by atoms with Gasteiger partial charge in [0.25, 0.3) is 5.91 Å². The summed E-state index contributed by atoms with van der Waals surface area (Å²) >= 11 is 0. The fraction of sp³-hybridized carbons (Fsp3) is 0.429. The SMILES string of the molecule is Cc1cc(C=CC(=O)N2CCN(C(=O)c3ccco3)CC2)c(C)n1C1CC1. The number of rotatable bonds is 4. The molecule has 2 aromatic heterocycles. The van der Waals surface area contributed by atoms with Crippen molar-refractivity contribution in [1.29, 1.82) is 0 Å². The van der Waals surface area contributed by atoms with Gasteiger partial charge in [0.05, 0.1) is 6.26 Å². The third-order valence-electron chi connectivity index (χ3n) is 5.45. The summed E-state index contributed by atoms with van der Waals surface area (Å²) in [5.74, 6) is 0.229. The Kier molecular flexibility index (Phi) is 4.64. The van der Waals surface area contributed by atoms with Crippen molar-refractivity contribution in [3.8, 4) is 0 Å². The quantitative estimate of drug-likeness (QED) is 0.781. The molecular weight excluding hydrogens is 342 g/mol. The van der Waals surface area contributed by atoms with E-state index >= 15 is 0 Å². The van der Waals surface area contributed by atoms with Crippen molar-refractivity contribution in [3.05, 3.63) is 53.2 Å². The molecular formula is C21H25N3O3. The number of aryl methyl sites for hydroxylation is 1. The Bertz CT molecular complexity index is 867. The molecule has 6 heteroatoms. The Labute approximate surface area is 159 Å². The van der Waals surface area contributed by atoms with Crippen LogP contribution < -0.4 is 0 Å². The minimum absolute atomic E-state index is 0.00341. The first-order chi connectivity index (χ1) is 13.0. The van der Waals surface area contributed by atoms with E-state index in [2.05, 4.69) is 24.5 Å². The number of hydrogen-bond acceptors (Lipinski definition) is 3. The van der Waals surface area contributed by atoms with Crippen molar-refractivity contribution in [1.82, 2.24) is 14.4 Å². The maximum Gasteiger partial charge on any atom is 0.289 e. The van der Waals surface area contributed by atoms with Gasteiger partial charge in [0.2, 0.25) is 5.91 Å². The molecule has 2 aliphatic rings. The van der Waals surface area contributed by atoms with Crippen LogP contribution in [-0.2, 0) is 4.79 Å². The molecule has 0 radical (unpaired) electrons. The van der Waals surface area contributed by atoms with E-state index in [9.17, 15) is 9.59 Å². The molecule has 0 spiro atoms. The molecule has 0 atom stereocenters. The maximum atomic E-state index is 12.5. The second-order valence-electron chi connectivity index (χ2n) is 7.36. The molecule has 6 nitrogen and oxygen atoms in total. The lowest BCUT2D eigenvalue weighted by Gasteiger charge is -2.33. The highest BCUT2D eigenvalue weighted by Crippen LogP contribution is 2.38. The van der Waals surface area contributed by atoms with Gasteiger partial charge in [-0.1, -0.05) is 0 Å². The zero-order valence-corrected chi connectivity index (χ0v) is 15.9. The third kappa shape index (κ3) is 3.56. The molecule has 142 valence electrons. The molecule has 27 heavy (non-hydrogen) atoms. The zero-order valence-electron chi connectivity index (χ0n) is 15.9. The third-order valence-corrected chi connectivity index (χ3v) is 5.45. The Morgan fingerprint density at radius 2 is 1.81 bits per heavy atom. The standard InChI is InChI=1S/C21H25N3O3/c1-15-14-17(16(2)24(15)18-6-7-18)5-8-20(25)22-9-11-23(12-10-22)21(26)19-4-3-13-27-19/h3-5,8,13-14,18H,6-7,9-12H2,1-2H3. The average molecular weight is 367 g/mol. The number of nitrogens with zero attached hydrogens (tertiary/aromatic N) is 3. The molecule has 1 saturated heterocycles. The lowest BCUT2D eigenvalue weighted by Crippen LogP contribution is -2.50. The Morgan fingerprint density at radius 3 is 2.44 bits per heavy atom. The van der Waals surface area contributed by atoms with Crippen LogP contribution in [0.15, 0.2) is 35.0 Å². The largest absolute Gasteiger partial charge is 0.459 e. The van der Waals surface area contributed by atoms with Gasteiger partial charge in [0, 0.05) is 49.7 Å². The van der Waals surface area contributed by atoms with Crippen LogP contribution in [0.5, 0.6) is 0 Å². The summed E-state index contributed by atoms with van der Waals surface area (Å²) in [6, 6.07) is 6.17. The lowest BCUT2D eigenvalue weighted by molar-refractivity contribution is -0.127. The van der Waals surface area contributed by atoms with Gasteiger partial charge in [-0.05, 0) is 56.5 Å². The fourth-order valence-electron chi connectivity index (χ4n) is 3.82. The molecule has 0 N–H and O–H groups in total. The van der Waals surface area contributed by atoms with Crippen LogP contribution in [0.25, 0.3) is 6.08 Å². The lowest BCUT2D eigenvalue weighted by atomic mass is 10.2. The van der Waals surface area contributed by atoms with Gasteiger partial charge in [0.1, 0.15) is 0 Å². The van der Waals surface area contributed by atoms with Crippen LogP contribution in [0.3, 0.4) is 0 Å². The van der Waals surface area contributed by atoms with E-state index in [1.54, 1.807) is 28.0 Å². The first-order valence-electron chi connectivity index (χ1n) is 9.53. The van der Waals surface area contributed by atoms with Gasteiger partial charge in [-0.2, -0.15) is 0 Å². The summed E-state index contributed by atoms with van der Waals surface area (Å²) in [7, 11) is 0. The van der Waals surface area contributed by atoms with Crippen LogP contribution in [0, 0.1) is 13.8 Å². The van der Waals surface area contributed by atoms with Crippen LogP contribution in [0.1, 0.15) is 46.4 Å². The number of carbonyl (C=O) groups is 2. The summed E-state index contributed by atoms with van der Waals surface area (Å²) in [6.45, 7) is 6.37. The first-order valence-corrected chi connectivity index (χ1v) is 9.53. The number of amides is 2. The molecule has 2 aromatic rings. The Hall–Kier alpha value is -2.76. The predicted octanol–water partition coefficient (Wildman–Crippen LogP) is 3.03. The second-order valence-corrected chi connectivity index (χ2v) is 7.36. The normalized spacial score (nSPS) is 17.7. The van der Waals surface area contributed by atoms with Gasteiger partial charge in [0.15, 0.2) is 5.76 Å². The van der Waals surface area contributed by atoms with Crippen molar-refractivity contribution >= 4 is 17.9 Å². The van der Waals surface area contributed by atoms with Crippen LogP contribution in [0.2, 0.25) is 0 Å². The van der Waals surface area contributed by atoms with Crippen molar-refractivity contribution in [2.24, 2.45) is 0 Å². The topological polar surface area (TPSA) is 58.7 Å². The summed E-state index contributed by atoms with van der Waals surface area (Å²) < 4.78 is 7.55. The molecule has 0 bridgehead atoms. The van der Waals surface area contributed by atoms with Gasteiger partial charge in [-0.25, -0.2) is 0 Å². The second kappa shape index (κ2) is 7.10. The molecule has 4 rings (SSSR count). The van der Waals surface area contributed by atoms with Crippen LogP contribution in [-0.4, -0.2) is 52.4 Å². The number of carbonyl (C=O) groups excluding carboxylic acids is 2. The maximum absolute atomic E-state index is 12.5. The molecule has 0 unspecified atom stereocenters. The minimum Gasteiger partial charge on any atom is -0.459 e. The van der Waals surface area contributed by atoms with Gasteiger partial charge < -0.3 is 18.8 Å². The highest BCUT2D eigenvalue weighted by atomic mass is 16.3. The number of piperazine rings is 1. The van der Waals surface area contributed by atoms with Gasteiger partial charge in [-0.3, -0.25) is 9.59 Å². The summed E-state index contributed by atoms with van der Waals surface area (Å²) in [6.07, 6.45) is 7.57. The zero-order chi connectivity index (χ0) is 19.0. The predicted molar refractivity (Wildman–Crippen MR) is 102 cm³/mol. The van der Waals surface area contributed by atoms with E-state index < -0.39 is 0 Å². The smallest absolute Gasteiger partial charge is 0.289 e. The highest BCUT2D eigenvalue weighted by Gasteiger charge is 2.27. The summed E-state index contributed by atoms with van der Waals surface area (Å²) in [5.41, 5.74) is 3.60. The number of hydrogen-bond donors (Lipinski definition) is 0. The van der Waals surface area contributed by atoms with E-state index in [-0.39, 0.29) is 11.8 Å². The van der Waals surface area contributed by atoms with Crippen molar-refractivity contribution in [2.45, 2.75) is 32.7 Å². The molecule has 1 saturated carbocycles. The highest BCUT2D eigenvalue weighted by molar-refractivity contribution is 5.93. The molecule has 2 amide bonds. The molecule has 1 aliphatic carbocycles. The summed E-state index contributed by atoms with van der Waals surface area (Å²) in [5, 5.41) is 0. The first kappa shape index (κ1) is 17.6. The van der Waals surface area contributed by atoms with E-state index in [0.717, 1.165) is 5.56 Å². The van der Waals surface area contributed by atoms with E-state index in [1.807, 2.05) is 6.08 Å². The number of aromatic nitrogens is 1. The minimum atomic E-state index is -0.116.